The minimum absolute atomic E-state index is 0.769. The minimum atomic E-state index is 0.769. The molecule has 0 bridgehead atoms. The van der Waals surface area contributed by atoms with Crippen LogP contribution in [0.2, 0.25) is 0 Å². The van der Waals surface area contributed by atoms with Crippen molar-refractivity contribution in [1.29, 1.82) is 0 Å². The number of hydrogen-bond acceptors (Lipinski definition) is 3. The Labute approximate surface area is 95.1 Å². The lowest BCUT2D eigenvalue weighted by Gasteiger charge is -2.45. The fourth-order valence-corrected chi connectivity index (χ4v) is 3.75. The maximum Gasteiger partial charge on any atom is 0.0247 e. The molecule has 2 aliphatic rings. The Balaban J connectivity index is 1.71. The van der Waals surface area contributed by atoms with Gasteiger partial charge in [-0.25, -0.2) is 0 Å². The molecule has 0 amide bonds. The zero-order valence-electron chi connectivity index (χ0n) is 8.98. The second kappa shape index (κ2) is 3.89. The summed E-state index contributed by atoms with van der Waals surface area (Å²) < 4.78 is 0. The second-order valence-corrected chi connectivity index (χ2v) is 5.73. The molecule has 1 aromatic heterocycles. The van der Waals surface area contributed by atoms with E-state index in [9.17, 15) is 0 Å². The van der Waals surface area contributed by atoms with Crippen LogP contribution < -0.4 is 5.73 Å². The highest BCUT2D eigenvalue weighted by Crippen LogP contribution is 2.35. The molecule has 2 heterocycles. The van der Waals surface area contributed by atoms with Crippen molar-refractivity contribution in [1.82, 2.24) is 4.90 Å². The fraction of sp³-hybridized carbons (Fsp3) is 0.667. The van der Waals surface area contributed by atoms with Crippen LogP contribution in [0, 0.1) is 5.92 Å². The van der Waals surface area contributed by atoms with Gasteiger partial charge in [-0.05, 0) is 48.7 Å². The van der Waals surface area contributed by atoms with Crippen LogP contribution in [-0.2, 0) is 13.0 Å². The maximum absolute atomic E-state index is 5.78. The van der Waals surface area contributed by atoms with Crippen molar-refractivity contribution in [2.45, 2.75) is 31.8 Å². The van der Waals surface area contributed by atoms with Gasteiger partial charge in [0.15, 0.2) is 0 Å². The highest BCUT2D eigenvalue weighted by Gasteiger charge is 2.35. The number of fused-ring (bicyclic) bond motifs is 1. The third-order valence-electron chi connectivity index (χ3n) is 3.99. The smallest absolute Gasteiger partial charge is 0.0247 e. The minimum Gasteiger partial charge on any atom is -0.330 e. The summed E-state index contributed by atoms with van der Waals surface area (Å²) in [6.07, 6.45) is 3.95. The first kappa shape index (κ1) is 9.82. The van der Waals surface area contributed by atoms with Crippen LogP contribution in [0.1, 0.15) is 23.3 Å². The summed E-state index contributed by atoms with van der Waals surface area (Å²) >= 11 is 1.92. The highest BCUT2D eigenvalue weighted by molar-refractivity contribution is 7.10. The van der Waals surface area contributed by atoms with Gasteiger partial charge in [-0.1, -0.05) is 0 Å². The summed E-state index contributed by atoms with van der Waals surface area (Å²) in [4.78, 5) is 4.26. The summed E-state index contributed by atoms with van der Waals surface area (Å²) in [5.41, 5.74) is 7.34. The molecule has 1 aliphatic carbocycles. The van der Waals surface area contributed by atoms with E-state index in [1.165, 1.54) is 32.4 Å². The van der Waals surface area contributed by atoms with E-state index < -0.39 is 0 Å². The van der Waals surface area contributed by atoms with Crippen molar-refractivity contribution in [2.75, 3.05) is 13.1 Å². The van der Waals surface area contributed by atoms with Crippen molar-refractivity contribution >= 4 is 11.3 Å². The highest BCUT2D eigenvalue weighted by atomic mass is 32.1. The van der Waals surface area contributed by atoms with Gasteiger partial charge in [0, 0.05) is 24.0 Å². The van der Waals surface area contributed by atoms with Gasteiger partial charge < -0.3 is 5.73 Å². The Morgan fingerprint density at radius 2 is 2.40 bits per heavy atom. The van der Waals surface area contributed by atoms with Gasteiger partial charge in [-0.3, -0.25) is 4.90 Å². The Morgan fingerprint density at radius 1 is 1.47 bits per heavy atom. The van der Waals surface area contributed by atoms with E-state index in [0.29, 0.717) is 0 Å². The Bertz CT molecular complexity index is 345. The molecule has 1 fully saturated rings. The molecular formula is C12H18N2S. The van der Waals surface area contributed by atoms with E-state index in [1.807, 2.05) is 11.3 Å². The van der Waals surface area contributed by atoms with Gasteiger partial charge in [0.05, 0.1) is 0 Å². The van der Waals surface area contributed by atoms with Gasteiger partial charge in [0.1, 0.15) is 0 Å². The average Bonchev–Trinajstić information content (AvgIpc) is 2.64. The molecule has 1 aromatic rings. The van der Waals surface area contributed by atoms with E-state index in [0.717, 1.165) is 18.5 Å². The number of thiophene rings is 1. The molecule has 1 saturated carbocycles. The van der Waals surface area contributed by atoms with Crippen LogP contribution in [0.25, 0.3) is 0 Å². The molecule has 1 aliphatic heterocycles. The van der Waals surface area contributed by atoms with Gasteiger partial charge >= 0.3 is 0 Å². The Morgan fingerprint density at radius 3 is 3.13 bits per heavy atom. The Kier molecular flexibility index (Phi) is 2.54. The normalized spacial score (nSPS) is 31.0. The van der Waals surface area contributed by atoms with Gasteiger partial charge in [-0.15, -0.1) is 11.3 Å². The lowest BCUT2D eigenvalue weighted by Crippen LogP contribution is -2.51. The van der Waals surface area contributed by atoms with E-state index >= 15 is 0 Å². The van der Waals surface area contributed by atoms with E-state index in [4.69, 9.17) is 5.73 Å². The van der Waals surface area contributed by atoms with Crippen LogP contribution in [0.3, 0.4) is 0 Å². The number of rotatable bonds is 2. The number of nitrogens with two attached hydrogens (primary N) is 1. The maximum atomic E-state index is 5.78. The molecule has 3 rings (SSSR count). The second-order valence-electron chi connectivity index (χ2n) is 4.73. The first-order chi connectivity index (χ1) is 7.38. The molecule has 3 heteroatoms. The first-order valence-electron chi connectivity index (χ1n) is 5.88. The topological polar surface area (TPSA) is 29.3 Å². The van der Waals surface area contributed by atoms with Gasteiger partial charge in [0.2, 0.25) is 0 Å². The third-order valence-corrected chi connectivity index (χ3v) is 5.01. The largest absolute Gasteiger partial charge is 0.330 e. The zero-order chi connectivity index (χ0) is 10.3. The van der Waals surface area contributed by atoms with Crippen LogP contribution in [0.5, 0.6) is 0 Å². The molecule has 15 heavy (non-hydrogen) atoms. The zero-order valence-corrected chi connectivity index (χ0v) is 9.80. The van der Waals surface area contributed by atoms with E-state index in [-0.39, 0.29) is 0 Å². The number of nitrogens with zero attached hydrogens (tertiary/aromatic N) is 1. The predicted octanol–water partition coefficient (Wildman–Crippen LogP) is 1.84. The van der Waals surface area contributed by atoms with Crippen LogP contribution in [-0.4, -0.2) is 24.0 Å². The molecular weight excluding hydrogens is 204 g/mol. The molecule has 2 atom stereocenters. The van der Waals surface area contributed by atoms with Crippen LogP contribution >= 0.6 is 11.3 Å². The molecule has 82 valence electrons. The molecule has 0 radical (unpaired) electrons. The SMILES string of the molecule is NCC1CCC1N1CCc2sccc2C1. The predicted molar refractivity (Wildman–Crippen MR) is 64.0 cm³/mol. The van der Waals surface area contributed by atoms with Gasteiger partial charge in [0.25, 0.3) is 0 Å². The summed E-state index contributed by atoms with van der Waals surface area (Å²) in [6, 6.07) is 3.07. The molecule has 0 spiro atoms. The van der Waals surface area contributed by atoms with Crippen molar-refractivity contribution in [3.05, 3.63) is 21.9 Å². The molecule has 2 N–H and O–H groups in total. The molecule has 2 nitrogen and oxygen atoms in total. The van der Waals surface area contributed by atoms with Crippen molar-refractivity contribution < 1.29 is 0 Å². The number of hydrogen-bond donors (Lipinski definition) is 1. The lowest BCUT2D eigenvalue weighted by atomic mass is 9.78. The summed E-state index contributed by atoms with van der Waals surface area (Å²) in [6.45, 7) is 3.28. The third kappa shape index (κ3) is 1.63. The summed E-state index contributed by atoms with van der Waals surface area (Å²) in [5, 5.41) is 2.23. The monoisotopic (exact) mass is 222 g/mol. The molecule has 0 aromatic carbocycles. The lowest BCUT2D eigenvalue weighted by molar-refractivity contribution is 0.0563. The van der Waals surface area contributed by atoms with Crippen LogP contribution in [0.15, 0.2) is 11.4 Å². The van der Waals surface area contributed by atoms with Crippen molar-refractivity contribution in [3.63, 3.8) is 0 Å². The summed E-state index contributed by atoms with van der Waals surface area (Å²) in [5.74, 6) is 0.769. The quantitative estimate of drug-likeness (QED) is 0.827. The first-order valence-corrected chi connectivity index (χ1v) is 6.76. The van der Waals surface area contributed by atoms with Crippen LogP contribution in [0.4, 0.5) is 0 Å². The Hall–Kier alpha value is -0.380. The molecule has 0 saturated heterocycles. The van der Waals surface area contributed by atoms with Crippen molar-refractivity contribution in [3.8, 4) is 0 Å². The molecule has 2 unspecified atom stereocenters. The fourth-order valence-electron chi connectivity index (χ4n) is 2.86. The summed E-state index contributed by atoms with van der Waals surface area (Å²) in [7, 11) is 0. The van der Waals surface area contributed by atoms with E-state index in [1.54, 1.807) is 10.4 Å². The van der Waals surface area contributed by atoms with E-state index in [2.05, 4.69) is 16.3 Å². The van der Waals surface area contributed by atoms with Crippen molar-refractivity contribution in [2.24, 2.45) is 11.7 Å². The standard InChI is InChI=1S/C12H18N2S/c13-7-9-1-2-11(9)14-5-3-12-10(8-14)4-6-15-12/h4,6,9,11H,1-3,5,7-8,13H2. The average molecular weight is 222 g/mol. The van der Waals surface area contributed by atoms with Gasteiger partial charge in [-0.2, -0.15) is 0 Å².